The van der Waals surface area contributed by atoms with Crippen LogP contribution in [0.2, 0.25) is 5.02 Å². The number of hydrazone groups is 1. The first-order chi connectivity index (χ1) is 12.5. The number of hydrogen-bond donors (Lipinski definition) is 1. The zero-order valence-electron chi connectivity index (χ0n) is 14.0. The van der Waals surface area contributed by atoms with E-state index in [1.54, 1.807) is 6.07 Å². The number of phenolic OH excluding ortho intramolecular Hbond substituents is 1. The van der Waals surface area contributed by atoms with Gasteiger partial charge in [-0.15, -0.1) is 0 Å². The van der Waals surface area contributed by atoms with E-state index in [0.717, 1.165) is 11.4 Å². The molecule has 6 nitrogen and oxygen atoms in total. The summed E-state index contributed by atoms with van der Waals surface area (Å²) in [4.78, 5) is 25.7. The number of hydrogen-bond acceptors (Lipinski definition) is 5. The molecule has 1 heterocycles. The molecule has 1 N–H and O–H groups in total. The molecule has 26 heavy (non-hydrogen) atoms. The van der Waals surface area contributed by atoms with E-state index in [0.29, 0.717) is 17.4 Å². The number of imide groups is 1. The molecule has 2 bridgehead atoms. The summed E-state index contributed by atoms with van der Waals surface area (Å²) in [6, 6.07) is 3.05. The standard InChI is InChI=1S/C19H17ClN2O4/c1-26-14-5-8(4-13(20)17(14)23)7-21-22-18(24)15-9-2-3-10(12-6-11(9)12)16(15)19(22)25/h2-5,7,9-12,15-16,23H,6H2,1H3/b21-7-/t9-,10-,11-,12+,15-,16+/m1/s1. The summed E-state index contributed by atoms with van der Waals surface area (Å²) in [6.07, 6.45) is 6.79. The minimum atomic E-state index is -0.267. The fourth-order valence-corrected chi connectivity index (χ4v) is 5.22. The minimum absolute atomic E-state index is 0.112. The Morgan fingerprint density at radius 2 is 1.81 bits per heavy atom. The first-order valence-corrected chi connectivity index (χ1v) is 9.05. The molecule has 1 aromatic rings. The zero-order valence-corrected chi connectivity index (χ0v) is 14.8. The lowest BCUT2D eigenvalue weighted by Crippen LogP contribution is -2.40. The van der Waals surface area contributed by atoms with Crippen molar-refractivity contribution in [3.63, 3.8) is 0 Å². The van der Waals surface area contributed by atoms with Crippen LogP contribution in [-0.4, -0.2) is 35.3 Å². The number of halogens is 1. The molecule has 6 rings (SSSR count). The maximum atomic E-state index is 12.8. The van der Waals surface area contributed by atoms with Gasteiger partial charge in [-0.1, -0.05) is 23.8 Å². The Morgan fingerprint density at radius 1 is 1.19 bits per heavy atom. The number of rotatable bonds is 3. The van der Waals surface area contributed by atoms with Gasteiger partial charge >= 0.3 is 0 Å². The van der Waals surface area contributed by atoms with E-state index in [1.165, 1.54) is 19.4 Å². The maximum Gasteiger partial charge on any atom is 0.254 e. The highest BCUT2D eigenvalue weighted by Crippen LogP contribution is 2.65. The zero-order chi connectivity index (χ0) is 18.2. The van der Waals surface area contributed by atoms with E-state index in [1.807, 2.05) is 0 Å². The van der Waals surface area contributed by atoms with Crippen molar-refractivity contribution in [2.24, 2.45) is 40.6 Å². The number of carbonyl (C=O) groups is 2. The molecular weight excluding hydrogens is 356 g/mol. The lowest BCUT2D eigenvalue weighted by Gasteiger charge is -2.37. The van der Waals surface area contributed by atoms with Crippen LogP contribution in [0.1, 0.15) is 12.0 Å². The molecule has 2 saturated carbocycles. The van der Waals surface area contributed by atoms with Crippen LogP contribution in [0, 0.1) is 35.5 Å². The van der Waals surface area contributed by atoms with Crippen molar-refractivity contribution in [2.45, 2.75) is 6.42 Å². The second-order valence-electron chi connectivity index (χ2n) is 7.44. The second kappa shape index (κ2) is 5.33. The minimum Gasteiger partial charge on any atom is -0.503 e. The van der Waals surface area contributed by atoms with Gasteiger partial charge in [0.2, 0.25) is 0 Å². The Morgan fingerprint density at radius 3 is 2.38 bits per heavy atom. The Kier molecular flexibility index (Phi) is 3.26. The van der Waals surface area contributed by atoms with Gasteiger partial charge in [0, 0.05) is 0 Å². The van der Waals surface area contributed by atoms with Gasteiger partial charge in [0.1, 0.15) is 0 Å². The molecule has 134 valence electrons. The smallest absolute Gasteiger partial charge is 0.254 e. The van der Waals surface area contributed by atoms with Gasteiger partial charge in [-0.3, -0.25) is 9.59 Å². The maximum absolute atomic E-state index is 12.8. The van der Waals surface area contributed by atoms with Crippen LogP contribution in [0.4, 0.5) is 0 Å². The van der Waals surface area contributed by atoms with Crippen molar-refractivity contribution in [1.82, 2.24) is 5.01 Å². The second-order valence-corrected chi connectivity index (χ2v) is 7.85. The average molecular weight is 373 g/mol. The third-order valence-electron chi connectivity index (χ3n) is 6.23. The molecule has 7 heteroatoms. The first-order valence-electron chi connectivity index (χ1n) is 8.68. The van der Waals surface area contributed by atoms with Gasteiger partial charge in [-0.05, 0) is 47.8 Å². The Labute approximate surface area is 155 Å². The number of allylic oxidation sites excluding steroid dienone is 2. The molecule has 2 amide bonds. The molecule has 1 saturated heterocycles. The highest BCUT2D eigenvalue weighted by atomic mass is 35.5. The highest BCUT2D eigenvalue weighted by Gasteiger charge is 2.67. The van der Waals surface area contributed by atoms with E-state index >= 15 is 0 Å². The predicted octanol–water partition coefficient (Wildman–Crippen LogP) is 2.44. The Hall–Kier alpha value is -2.34. The number of amides is 2. The van der Waals surface area contributed by atoms with Crippen LogP contribution in [0.3, 0.4) is 0 Å². The molecule has 0 aromatic heterocycles. The van der Waals surface area contributed by atoms with Crippen molar-refractivity contribution >= 4 is 29.6 Å². The van der Waals surface area contributed by atoms with Crippen molar-refractivity contribution in [3.8, 4) is 11.5 Å². The van der Waals surface area contributed by atoms with E-state index in [-0.39, 0.29) is 52.0 Å². The summed E-state index contributed by atoms with van der Waals surface area (Å²) < 4.78 is 5.06. The number of ether oxygens (including phenoxy) is 1. The van der Waals surface area contributed by atoms with E-state index < -0.39 is 0 Å². The van der Waals surface area contributed by atoms with Crippen LogP contribution >= 0.6 is 11.6 Å². The summed E-state index contributed by atoms with van der Waals surface area (Å²) in [6.45, 7) is 0. The summed E-state index contributed by atoms with van der Waals surface area (Å²) in [5.74, 6) is 0.564. The molecule has 0 spiro atoms. The van der Waals surface area contributed by atoms with E-state index in [4.69, 9.17) is 16.3 Å². The third-order valence-corrected chi connectivity index (χ3v) is 6.52. The first kappa shape index (κ1) is 15.9. The lowest BCUT2D eigenvalue weighted by molar-refractivity contribution is -0.140. The SMILES string of the molecule is COc1cc(/C=N\N2C(=O)[C@@H]3[C@@H]4C=C[C@H]([C@@H]5C[C@H]45)[C@@H]3C2=O)cc(Cl)c1O. The summed E-state index contributed by atoms with van der Waals surface area (Å²) in [5.41, 5.74) is 0.532. The van der Waals surface area contributed by atoms with Crippen LogP contribution in [0.25, 0.3) is 0 Å². The fraction of sp³-hybridized carbons (Fsp3) is 0.421. The Balaban J connectivity index is 1.44. The Bertz CT molecular complexity index is 860. The highest BCUT2D eigenvalue weighted by molar-refractivity contribution is 6.32. The van der Waals surface area contributed by atoms with Gasteiger partial charge in [0.25, 0.3) is 11.8 Å². The van der Waals surface area contributed by atoms with Crippen molar-refractivity contribution in [1.29, 1.82) is 0 Å². The van der Waals surface area contributed by atoms with E-state index in [2.05, 4.69) is 17.3 Å². The molecule has 1 aromatic carbocycles. The number of nitrogens with zero attached hydrogens (tertiary/aromatic N) is 2. The summed E-state index contributed by atoms with van der Waals surface area (Å²) >= 11 is 5.97. The third kappa shape index (κ3) is 2.02. The number of benzene rings is 1. The van der Waals surface area contributed by atoms with Crippen LogP contribution in [0.5, 0.6) is 11.5 Å². The predicted molar refractivity (Wildman–Crippen MR) is 93.8 cm³/mol. The molecule has 6 atom stereocenters. The average Bonchev–Trinajstić information content (AvgIpc) is 3.41. The van der Waals surface area contributed by atoms with Gasteiger partial charge in [0.15, 0.2) is 11.5 Å². The fourth-order valence-electron chi connectivity index (χ4n) is 5.00. The van der Waals surface area contributed by atoms with Crippen molar-refractivity contribution in [3.05, 3.63) is 34.9 Å². The molecule has 5 aliphatic rings. The van der Waals surface area contributed by atoms with Crippen molar-refractivity contribution < 1.29 is 19.4 Å². The van der Waals surface area contributed by atoms with Gasteiger partial charge in [0.05, 0.1) is 30.2 Å². The number of phenols is 1. The van der Waals surface area contributed by atoms with Crippen LogP contribution < -0.4 is 4.74 Å². The van der Waals surface area contributed by atoms with Gasteiger partial charge in [-0.25, -0.2) is 0 Å². The topological polar surface area (TPSA) is 79.2 Å². The van der Waals surface area contributed by atoms with Crippen LogP contribution in [0.15, 0.2) is 29.4 Å². The molecule has 1 aliphatic heterocycles. The number of methoxy groups -OCH3 is 1. The van der Waals surface area contributed by atoms with Crippen LogP contribution in [-0.2, 0) is 9.59 Å². The van der Waals surface area contributed by atoms with Gasteiger partial charge < -0.3 is 9.84 Å². The number of aromatic hydroxyl groups is 1. The molecular formula is C19H17ClN2O4. The molecule has 0 unspecified atom stereocenters. The molecule has 3 fully saturated rings. The normalized spacial score (nSPS) is 36.6. The van der Waals surface area contributed by atoms with Gasteiger partial charge in [-0.2, -0.15) is 10.1 Å². The van der Waals surface area contributed by atoms with Crippen molar-refractivity contribution in [2.75, 3.05) is 7.11 Å². The summed E-state index contributed by atoms with van der Waals surface area (Å²) in [5, 5.41) is 15.1. The lowest BCUT2D eigenvalue weighted by atomic mass is 9.63. The number of carbonyl (C=O) groups excluding carboxylic acids is 2. The largest absolute Gasteiger partial charge is 0.503 e. The monoisotopic (exact) mass is 372 g/mol. The molecule has 4 aliphatic carbocycles. The quantitative estimate of drug-likeness (QED) is 0.502. The summed E-state index contributed by atoms with van der Waals surface area (Å²) in [7, 11) is 1.42. The van der Waals surface area contributed by atoms with E-state index in [9.17, 15) is 14.7 Å². The molecule has 0 radical (unpaired) electrons.